The highest BCUT2D eigenvalue weighted by atomic mass is 19.4. The molecule has 0 saturated carbocycles. The molecule has 0 atom stereocenters. The van der Waals surface area contributed by atoms with Gasteiger partial charge in [0.15, 0.2) is 0 Å². The fourth-order valence-electron chi connectivity index (χ4n) is 1.00. The molecule has 0 saturated heterocycles. The van der Waals surface area contributed by atoms with Crippen LogP contribution in [0.3, 0.4) is 0 Å². The Hall–Kier alpha value is -1.53. The van der Waals surface area contributed by atoms with E-state index in [2.05, 4.69) is 4.98 Å². The molecule has 0 fully saturated rings. The van der Waals surface area contributed by atoms with Gasteiger partial charge in [-0.15, -0.1) is 0 Å². The van der Waals surface area contributed by atoms with Crippen LogP contribution in [0.25, 0.3) is 0 Å². The third-order valence-electron chi connectivity index (χ3n) is 1.68. The summed E-state index contributed by atoms with van der Waals surface area (Å²) in [5.41, 5.74) is 0.639. The minimum absolute atomic E-state index is 0.0741. The van der Waals surface area contributed by atoms with Crippen LogP contribution >= 0.6 is 0 Å². The molecule has 1 amide bonds. The molecule has 0 unspecified atom stereocenters. The highest BCUT2D eigenvalue weighted by Crippen LogP contribution is 2.13. The molecule has 15 heavy (non-hydrogen) atoms. The van der Waals surface area contributed by atoms with Crippen molar-refractivity contribution in [2.75, 3.05) is 6.54 Å². The molecule has 0 aliphatic carbocycles. The number of rotatable bonds is 3. The molecule has 0 radical (unpaired) electrons. The molecule has 7 heteroatoms. The van der Waals surface area contributed by atoms with Gasteiger partial charge in [-0.1, -0.05) is 0 Å². The molecular weight excluding hydrogens is 211 g/mol. The average Bonchev–Trinajstić information content (AvgIpc) is 2.49. The second-order valence-electron chi connectivity index (χ2n) is 3.03. The SMILES string of the molecule is Cn1cnc(CCNC(=O)C(F)(F)F)c1. The Labute approximate surface area is 84.1 Å². The van der Waals surface area contributed by atoms with Gasteiger partial charge in [0.05, 0.1) is 12.0 Å². The summed E-state index contributed by atoms with van der Waals surface area (Å²) < 4.78 is 36.9. The number of carbonyl (C=O) groups is 1. The fourth-order valence-corrected chi connectivity index (χ4v) is 1.00. The smallest absolute Gasteiger partial charge is 0.348 e. The van der Waals surface area contributed by atoms with Crippen LogP contribution in [0, 0.1) is 0 Å². The van der Waals surface area contributed by atoms with E-state index in [9.17, 15) is 18.0 Å². The van der Waals surface area contributed by atoms with Crippen molar-refractivity contribution in [3.8, 4) is 0 Å². The van der Waals surface area contributed by atoms with Crippen molar-refractivity contribution in [1.29, 1.82) is 0 Å². The normalized spacial score (nSPS) is 11.5. The van der Waals surface area contributed by atoms with E-state index in [1.54, 1.807) is 29.5 Å². The molecular formula is C8H10F3N3O. The molecule has 0 aliphatic rings. The van der Waals surface area contributed by atoms with Crippen LogP contribution in [0.1, 0.15) is 5.69 Å². The van der Waals surface area contributed by atoms with E-state index in [1.807, 2.05) is 0 Å². The van der Waals surface area contributed by atoms with Crippen molar-refractivity contribution in [2.24, 2.45) is 7.05 Å². The highest BCUT2D eigenvalue weighted by Gasteiger charge is 2.38. The Morgan fingerprint density at radius 3 is 2.73 bits per heavy atom. The maximum absolute atomic E-state index is 11.7. The lowest BCUT2D eigenvalue weighted by Gasteiger charge is -2.06. The first-order valence-electron chi connectivity index (χ1n) is 4.21. The summed E-state index contributed by atoms with van der Waals surface area (Å²) >= 11 is 0. The topological polar surface area (TPSA) is 46.9 Å². The third-order valence-corrected chi connectivity index (χ3v) is 1.68. The van der Waals surface area contributed by atoms with Crippen molar-refractivity contribution >= 4 is 5.91 Å². The van der Waals surface area contributed by atoms with Crippen molar-refractivity contribution in [3.63, 3.8) is 0 Å². The first-order valence-corrected chi connectivity index (χ1v) is 4.21. The van der Waals surface area contributed by atoms with E-state index in [4.69, 9.17) is 0 Å². The Morgan fingerprint density at radius 2 is 2.27 bits per heavy atom. The molecule has 0 spiro atoms. The number of hydrogen-bond acceptors (Lipinski definition) is 2. The standard InChI is InChI=1S/C8H10F3N3O/c1-14-4-6(13-5-14)2-3-12-7(15)8(9,10)11/h4-5H,2-3H2,1H3,(H,12,15). The van der Waals surface area contributed by atoms with Gasteiger partial charge in [0, 0.05) is 26.2 Å². The predicted octanol–water partition coefficient (Wildman–Crippen LogP) is 0.641. The Kier molecular flexibility index (Phi) is 3.33. The first kappa shape index (κ1) is 11.5. The van der Waals surface area contributed by atoms with Crippen molar-refractivity contribution in [2.45, 2.75) is 12.6 Å². The minimum atomic E-state index is -4.82. The van der Waals surface area contributed by atoms with E-state index in [0.717, 1.165) is 0 Å². The number of carbonyl (C=O) groups excluding carboxylic acids is 1. The maximum atomic E-state index is 11.7. The highest BCUT2D eigenvalue weighted by molar-refractivity contribution is 5.81. The largest absolute Gasteiger partial charge is 0.471 e. The lowest BCUT2D eigenvalue weighted by molar-refractivity contribution is -0.173. The molecule has 4 nitrogen and oxygen atoms in total. The van der Waals surface area contributed by atoms with E-state index >= 15 is 0 Å². The molecule has 0 bridgehead atoms. The van der Waals surface area contributed by atoms with E-state index in [-0.39, 0.29) is 13.0 Å². The Balaban J connectivity index is 2.31. The summed E-state index contributed by atoms with van der Waals surface area (Å²) in [4.78, 5) is 14.3. The number of nitrogens with one attached hydrogen (secondary N) is 1. The third kappa shape index (κ3) is 3.61. The number of alkyl halides is 3. The molecule has 1 heterocycles. The van der Waals surface area contributed by atoms with Gasteiger partial charge in [0.1, 0.15) is 0 Å². The number of halogens is 3. The summed E-state index contributed by atoms with van der Waals surface area (Å²) in [5.74, 6) is -1.92. The van der Waals surface area contributed by atoms with Gasteiger partial charge in [-0.2, -0.15) is 13.2 Å². The zero-order valence-corrected chi connectivity index (χ0v) is 8.01. The number of aryl methyl sites for hydroxylation is 1. The van der Waals surface area contributed by atoms with Gasteiger partial charge >= 0.3 is 12.1 Å². The van der Waals surface area contributed by atoms with Gasteiger partial charge in [-0.25, -0.2) is 4.98 Å². The lowest BCUT2D eigenvalue weighted by atomic mass is 10.3. The number of nitrogens with zero attached hydrogens (tertiary/aromatic N) is 2. The minimum Gasteiger partial charge on any atom is -0.348 e. The van der Waals surface area contributed by atoms with Crippen LogP contribution in [0.15, 0.2) is 12.5 Å². The number of amides is 1. The zero-order valence-electron chi connectivity index (χ0n) is 8.01. The molecule has 84 valence electrons. The Morgan fingerprint density at radius 1 is 1.60 bits per heavy atom. The summed E-state index contributed by atoms with van der Waals surface area (Å²) in [6.07, 6.45) is -1.31. The second kappa shape index (κ2) is 4.33. The predicted molar refractivity (Wildman–Crippen MR) is 46.0 cm³/mol. The second-order valence-corrected chi connectivity index (χ2v) is 3.03. The number of hydrogen-bond donors (Lipinski definition) is 1. The summed E-state index contributed by atoms with van der Waals surface area (Å²) in [6, 6.07) is 0. The zero-order chi connectivity index (χ0) is 11.5. The quantitative estimate of drug-likeness (QED) is 0.814. The molecule has 1 aromatic rings. The average molecular weight is 221 g/mol. The Bertz CT molecular complexity index is 345. The van der Waals surface area contributed by atoms with Crippen LogP contribution in [0.5, 0.6) is 0 Å². The number of aromatic nitrogens is 2. The lowest BCUT2D eigenvalue weighted by Crippen LogP contribution is -2.37. The van der Waals surface area contributed by atoms with Gasteiger partial charge in [0.25, 0.3) is 0 Å². The van der Waals surface area contributed by atoms with Crippen LogP contribution in [0.2, 0.25) is 0 Å². The molecule has 1 aromatic heterocycles. The van der Waals surface area contributed by atoms with Gasteiger partial charge in [-0.05, 0) is 0 Å². The van der Waals surface area contributed by atoms with Crippen LogP contribution < -0.4 is 5.32 Å². The molecule has 1 rings (SSSR count). The van der Waals surface area contributed by atoms with Crippen LogP contribution in [-0.2, 0) is 18.3 Å². The molecule has 0 aromatic carbocycles. The number of imidazole rings is 1. The van der Waals surface area contributed by atoms with Gasteiger partial charge in [-0.3, -0.25) is 4.79 Å². The fraction of sp³-hybridized carbons (Fsp3) is 0.500. The summed E-state index contributed by atoms with van der Waals surface area (Å²) in [7, 11) is 1.75. The van der Waals surface area contributed by atoms with Crippen molar-refractivity contribution in [3.05, 3.63) is 18.2 Å². The van der Waals surface area contributed by atoms with Gasteiger partial charge < -0.3 is 9.88 Å². The van der Waals surface area contributed by atoms with Gasteiger partial charge in [0.2, 0.25) is 0 Å². The summed E-state index contributed by atoms with van der Waals surface area (Å²) in [5, 5.41) is 1.77. The molecule has 0 aliphatic heterocycles. The summed E-state index contributed by atoms with van der Waals surface area (Å²) in [6.45, 7) is -0.0741. The van der Waals surface area contributed by atoms with E-state index < -0.39 is 12.1 Å². The van der Waals surface area contributed by atoms with E-state index in [0.29, 0.717) is 5.69 Å². The van der Waals surface area contributed by atoms with E-state index in [1.165, 1.54) is 0 Å². The maximum Gasteiger partial charge on any atom is 0.471 e. The first-order chi connectivity index (χ1) is 6.89. The molecule has 1 N–H and O–H groups in total. The van der Waals surface area contributed by atoms with Crippen LogP contribution in [0.4, 0.5) is 13.2 Å². The van der Waals surface area contributed by atoms with Crippen molar-refractivity contribution in [1.82, 2.24) is 14.9 Å². The van der Waals surface area contributed by atoms with Crippen LogP contribution in [-0.4, -0.2) is 28.2 Å². The monoisotopic (exact) mass is 221 g/mol. The van der Waals surface area contributed by atoms with Crippen molar-refractivity contribution < 1.29 is 18.0 Å².